The molecule has 1 amide bonds. The zero-order valence-corrected chi connectivity index (χ0v) is 15.2. The van der Waals surface area contributed by atoms with E-state index in [0.717, 1.165) is 5.82 Å². The maximum absolute atomic E-state index is 12.0. The molecule has 2 N–H and O–H groups in total. The molecule has 118 valence electrons. The van der Waals surface area contributed by atoms with Gasteiger partial charge in [-0.1, -0.05) is 34.6 Å². The first-order valence-corrected chi connectivity index (χ1v) is 7.98. The molecule has 1 heterocycles. The highest BCUT2D eigenvalue weighted by atomic mass is 79.9. The first-order chi connectivity index (χ1) is 9.59. The fraction of sp³-hybridized carbons (Fsp3) is 0.667. The zero-order chi connectivity index (χ0) is 16.2. The molecule has 0 aliphatic carbocycles. The number of halogens is 1. The van der Waals surface area contributed by atoms with Crippen molar-refractivity contribution in [3.05, 3.63) is 16.5 Å². The van der Waals surface area contributed by atoms with Crippen LogP contribution in [0.25, 0.3) is 0 Å². The summed E-state index contributed by atoms with van der Waals surface area (Å²) in [6, 6.07) is 1.43. The van der Waals surface area contributed by atoms with E-state index < -0.39 is 0 Å². The van der Waals surface area contributed by atoms with Crippen molar-refractivity contribution in [1.82, 2.24) is 15.3 Å². The molecule has 1 unspecified atom stereocenters. The number of nitrogens with one attached hydrogen (secondary N) is 2. The van der Waals surface area contributed by atoms with Gasteiger partial charge in [0.1, 0.15) is 22.3 Å². The summed E-state index contributed by atoms with van der Waals surface area (Å²) in [5.41, 5.74) is -0.149. The summed E-state index contributed by atoms with van der Waals surface area (Å²) >= 11 is 3.39. The van der Waals surface area contributed by atoms with Crippen molar-refractivity contribution in [3.63, 3.8) is 0 Å². The third-order valence-corrected chi connectivity index (χ3v) is 3.21. The van der Waals surface area contributed by atoms with Gasteiger partial charge in [-0.25, -0.2) is 9.97 Å². The number of carbonyl (C=O) groups excluding carboxylic acids is 1. The van der Waals surface area contributed by atoms with Gasteiger partial charge >= 0.3 is 0 Å². The molecule has 0 saturated carbocycles. The fourth-order valence-electron chi connectivity index (χ4n) is 1.57. The lowest BCUT2D eigenvalue weighted by molar-refractivity contribution is -0.121. The summed E-state index contributed by atoms with van der Waals surface area (Å²) in [7, 11) is 0. The number of hydrogen-bond donors (Lipinski definition) is 2. The third-order valence-electron chi connectivity index (χ3n) is 2.81. The Morgan fingerprint density at radius 2 is 1.90 bits per heavy atom. The van der Waals surface area contributed by atoms with Gasteiger partial charge in [0.15, 0.2) is 0 Å². The minimum atomic E-state index is -0.349. The zero-order valence-electron chi connectivity index (χ0n) is 13.6. The van der Waals surface area contributed by atoms with Crippen LogP contribution in [0.5, 0.6) is 0 Å². The Morgan fingerprint density at radius 1 is 1.29 bits per heavy atom. The van der Waals surface area contributed by atoms with E-state index in [2.05, 4.69) is 71.2 Å². The van der Waals surface area contributed by atoms with E-state index in [-0.39, 0.29) is 17.4 Å². The fourth-order valence-corrected chi connectivity index (χ4v) is 1.96. The van der Waals surface area contributed by atoms with Gasteiger partial charge in [-0.3, -0.25) is 4.79 Å². The molecule has 0 aliphatic rings. The molecule has 0 bridgehead atoms. The molecule has 21 heavy (non-hydrogen) atoms. The Hall–Kier alpha value is -1.17. The number of rotatable bonds is 5. The van der Waals surface area contributed by atoms with Crippen LogP contribution in [-0.4, -0.2) is 28.5 Å². The molecule has 0 saturated heterocycles. The van der Waals surface area contributed by atoms with E-state index in [0.29, 0.717) is 22.9 Å². The largest absolute Gasteiger partial charge is 0.358 e. The average molecular weight is 357 g/mol. The second-order valence-electron chi connectivity index (χ2n) is 6.65. The highest BCUT2D eigenvalue weighted by Crippen LogP contribution is 2.22. The minimum absolute atomic E-state index is 0.0317. The highest BCUT2D eigenvalue weighted by molar-refractivity contribution is 9.10. The summed E-state index contributed by atoms with van der Waals surface area (Å²) in [6.45, 7) is 12.8. The quantitative estimate of drug-likeness (QED) is 0.795. The van der Waals surface area contributed by atoms with E-state index in [1.165, 1.54) is 0 Å². The van der Waals surface area contributed by atoms with Gasteiger partial charge in [0.25, 0.3) is 0 Å². The van der Waals surface area contributed by atoms with Gasteiger partial charge in [-0.15, -0.1) is 0 Å². The van der Waals surface area contributed by atoms with Crippen LogP contribution in [0, 0.1) is 5.92 Å². The SMILES string of the molecule is CC(C)CNC(=O)C(C)Nc1cc(Br)nc(C(C)(C)C)n1. The van der Waals surface area contributed by atoms with E-state index in [4.69, 9.17) is 0 Å². The monoisotopic (exact) mass is 356 g/mol. The molecule has 0 radical (unpaired) electrons. The maximum Gasteiger partial charge on any atom is 0.242 e. The Balaban J connectivity index is 2.78. The predicted octanol–water partition coefficient (Wildman–Crippen LogP) is 3.11. The van der Waals surface area contributed by atoms with Crippen molar-refractivity contribution in [2.24, 2.45) is 5.92 Å². The number of anilines is 1. The Bertz CT molecular complexity index is 497. The molecule has 6 heteroatoms. The van der Waals surface area contributed by atoms with Crippen LogP contribution in [0.1, 0.15) is 47.4 Å². The van der Waals surface area contributed by atoms with E-state index in [9.17, 15) is 4.79 Å². The lowest BCUT2D eigenvalue weighted by Gasteiger charge is -2.20. The molecule has 1 aromatic rings. The molecular formula is C15H25BrN4O. The topological polar surface area (TPSA) is 66.9 Å². The smallest absolute Gasteiger partial charge is 0.242 e. The van der Waals surface area contributed by atoms with E-state index in [1.54, 1.807) is 6.07 Å². The van der Waals surface area contributed by atoms with Crippen LogP contribution in [0.4, 0.5) is 5.82 Å². The number of aromatic nitrogens is 2. The Morgan fingerprint density at radius 3 is 2.43 bits per heavy atom. The van der Waals surface area contributed by atoms with Crippen molar-refractivity contribution in [3.8, 4) is 0 Å². The second-order valence-corrected chi connectivity index (χ2v) is 7.47. The predicted molar refractivity (Wildman–Crippen MR) is 89.4 cm³/mol. The average Bonchev–Trinajstić information content (AvgIpc) is 2.33. The van der Waals surface area contributed by atoms with Gasteiger partial charge in [0, 0.05) is 18.0 Å². The summed E-state index contributed by atoms with van der Waals surface area (Å²) in [5.74, 6) is 1.78. The Labute approximate surface area is 135 Å². The van der Waals surface area contributed by atoms with Crippen LogP contribution in [0.2, 0.25) is 0 Å². The van der Waals surface area contributed by atoms with Gasteiger partial charge in [0.05, 0.1) is 0 Å². The molecule has 0 fully saturated rings. The summed E-state index contributed by atoms with van der Waals surface area (Å²) in [6.07, 6.45) is 0. The van der Waals surface area contributed by atoms with Crippen molar-refractivity contribution < 1.29 is 4.79 Å². The van der Waals surface area contributed by atoms with Gasteiger partial charge < -0.3 is 10.6 Å². The molecule has 0 aromatic carbocycles. The first-order valence-electron chi connectivity index (χ1n) is 7.19. The minimum Gasteiger partial charge on any atom is -0.358 e. The van der Waals surface area contributed by atoms with Gasteiger partial charge in [-0.2, -0.15) is 0 Å². The van der Waals surface area contributed by atoms with Crippen molar-refractivity contribution in [2.75, 3.05) is 11.9 Å². The lowest BCUT2D eigenvalue weighted by Crippen LogP contribution is -2.39. The first kappa shape index (κ1) is 17.9. The molecule has 5 nitrogen and oxygen atoms in total. The third kappa shape index (κ3) is 5.99. The number of amides is 1. The van der Waals surface area contributed by atoms with Crippen LogP contribution in [0.3, 0.4) is 0 Å². The molecule has 1 rings (SSSR count). The molecular weight excluding hydrogens is 332 g/mol. The van der Waals surface area contributed by atoms with E-state index in [1.807, 2.05) is 6.92 Å². The lowest BCUT2D eigenvalue weighted by atomic mass is 9.96. The summed E-state index contributed by atoms with van der Waals surface area (Å²) in [5, 5.41) is 6.03. The number of nitrogens with zero attached hydrogens (tertiary/aromatic N) is 2. The summed E-state index contributed by atoms with van der Waals surface area (Å²) in [4.78, 5) is 20.9. The normalized spacial score (nSPS) is 13.1. The molecule has 1 atom stereocenters. The van der Waals surface area contributed by atoms with Crippen molar-refractivity contribution in [2.45, 2.75) is 53.0 Å². The summed E-state index contributed by atoms with van der Waals surface area (Å²) < 4.78 is 0.708. The molecule has 0 spiro atoms. The maximum atomic E-state index is 12.0. The van der Waals surface area contributed by atoms with Crippen molar-refractivity contribution >= 4 is 27.7 Å². The van der Waals surface area contributed by atoms with Gasteiger partial charge in [-0.05, 0) is 28.8 Å². The Kier molecular flexibility index (Phi) is 6.13. The number of carbonyl (C=O) groups is 1. The standard InChI is InChI=1S/C15H25BrN4O/c1-9(2)8-17-13(21)10(3)18-12-7-11(16)19-14(20-12)15(4,5)6/h7,9-10H,8H2,1-6H3,(H,17,21)(H,18,19,20). The molecule has 1 aromatic heterocycles. The van der Waals surface area contributed by atoms with Crippen LogP contribution in [-0.2, 0) is 10.2 Å². The van der Waals surface area contributed by atoms with Crippen molar-refractivity contribution in [1.29, 1.82) is 0 Å². The van der Waals surface area contributed by atoms with E-state index >= 15 is 0 Å². The van der Waals surface area contributed by atoms with Crippen LogP contribution in [0.15, 0.2) is 10.7 Å². The van der Waals surface area contributed by atoms with Crippen LogP contribution < -0.4 is 10.6 Å². The van der Waals surface area contributed by atoms with Gasteiger partial charge in [0.2, 0.25) is 5.91 Å². The highest BCUT2D eigenvalue weighted by Gasteiger charge is 2.20. The number of hydrogen-bond acceptors (Lipinski definition) is 4. The van der Waals surface area contributed by atoms with Crippen LogP contribution >= 0.6 is 15.9 Å². The second kappa shape index (κ2) is 7.20. The molecule has 0 aliphatic heterocycles.